The summed E-state index contributed by atoms with van der Waals surface area (Å²) in [5.74, 6) is 1.66. The highest BCUT2D eigenvalue weighted by molar-refractivity contribution is 7.99. The molecule has 2 N–H and O–H groups in total. The normalized spacial score (nSPS) is 15.0. The number of nitrogens with one attached hydrogen (secondary N) is 2. The SMILES string of the molecule is COc1ccc(NC(=O)NC(=O)CSc2nnc(-c3ccc(OC)cc3)n2CC2CCCO2)cc1. The number of carbonyl (C=O) groups is 2. The molecule has 0 radical (unpaired) electrons. The number of anilines is 1. The quantitative estimate of drug-likeness (QED) is 0.431. The predicted octanol–water partition coefficient (Wildman–Crippen LogP) is 3.58. The van der Waals surface area contributed by atoms with Crippen LogP contribution in [0.4, 0.5) is 10.5 Å². The number of imide groups is 1. The number of rotatable bonds is 9. The van der Waals surface area contributed by atoms with E-state index in [2.05, 4.69) is 20.8 Å². The second-order valence-electron chi connectivity index (χ2n) is 7.80. The van der Waals surface area contributed by atoms with Crippen LogP contribution in [-0.2, 0) is 16.1 Å². The van der Waals surface area contributed by atoms with Gasteiger partial charge in [-0.1, -0.05) is 11.8 Å². The largest absolute Gasteiger partial charge is 0.497 e. The van der Waals surface area contributed by atoms with Crippen LogP contribution in [0.5, 0.6) is 11.5 Å². The molecule has 1 saturated heterocycles. The summed E-state index contributed by atoms with van der Waals surface area (Å²) in [6.45, 7) is 1.31. The average molecular weight is 498 g/mol. The predicted molar refractivity (Wildman–Crippen MR) is 132 cm³/mol. The van der Waals surface area contributed by atoms with Crippen molar-refractivity contribution in [1.82, 2.24) is 20.1 Å². The van der Waals surface area contributed by atoms with Crippen LogP contribution >= 0.6 is 11.8 Å². The Morgan fingerprint density at radius 2 is 1.74 bits per heavy atom. The van der Waals surface area contributed by atoms with E-state index in [1.54, 1.807) is 38.5 Å². The van der Waals surface area contributed by atoms with Gasteiger partial charge in [-0.3, -0.25) is 14.7 Å². The first-order valence-electron chi connectivity index (χ1n) is 11.1. The van der Waals surface area contributed by atoms with E-state index >= 15 is 0 Å². The van der Waals surface area contributed by atoms with Crippen LogP contribution in [0.25, 0.3) is 11.4 Å². The second kappa shape index (κ2) is 11.7. The molecule has 1 aromatic heterocycles. The fraction of sp³-hybridized carbons (Fsp3) is 0.333. The molecule has 2 heterocycles. The van der Waals surface area contributed by atoms with E-state index in [1.807, 2.05) is 28.8 Å². The molecule has 11 heteroatoms. The molecule has 0 bridgehead atoms. The molecule has 1 atom stereocenters. The highest BCUT2D eigenvalue weighted by Crippen LogP contribution is 2.27. The van der Waals surface area contributed by atoms with Gasteiger partial charge >= 0.3 is 6.03 Å². The van der Waals surface area contributed by atoms with Crippen molar-refractivity contribution in [1.29, 1.82) is 0 Å². The highest BCUT2D eigenvalue weighted by atomic mass is 32.2. The third-order valence-corrected chi connectivity index (χ3v) is 6.38. The van der Waals surface area contributed by atoms with E-state index in [0.717, 1.165) is 30.8 Å². The summed E-state index contributed by atoms with van der Waals surface area (Å²) in [6.07, 6.45) is 2.03. The van der Waals surface area contributed by atoms with Gasteiger partial charge in [-0.05, 0) is 61.4 Å². The van der Waals surface area contributed by atoms with Crippen molar-refractivity contribution in [2.45, 2.75) is 30.6 Å². The van der Waals surface area contributed by atoms with Gasteiger partial charge in [0.2, 0.25) is 5.91 Å². The molecule has 184 valence electrons. The van der Waals surface area contributed by atoms with Crippen molar-refractivity contribution in [2.75, 3.05) is 31.9 Å². The standard InChI is InChI=1S/C24H27N5O5S/c1-32-18-9-5-16(6-10-18)22-27-28-24(29(22)14-20-4-3-13-34-20)35-15-21(30)26-23(31)25-17-7-11-19(33-2)12-8-17/h5-12,20H,3-4,13-15H2,1-2H3,(H2,25,26,30,31). The minimum Gasteiger partial charge on any atom is -0.497 e. The first-order chi connectivity index (χ1) is 17.1. The Balaban J connectivity index is 1.40. The lowest BCUT2D eigenvalue weighted by atomic mass is 10.2. The Morgan fingerprint density at radius 1 is 1.06 bits per heavy atom. The molecule has 1 unspecified atom stereocenters. The molecule has 2 aromatic carbocycles. The van der Waals surface area contributed by atoms with Crippen molar-refractivity contribution < 1.29 is 23.8 Å². The minimum absolute atomic E-state index is 0.00228. The number of benzene rings is 2. The third kappa shape index (κ3) is 6.52. The number of thioether (sulfide) groups is 1. The van der Waals surface area contributed by atoms with Crippen LogP contribution in [0.2, 0.25) is 0 Å². The third-order valence-electron chi connectivity index (χ3n) is 5.41. The van der Waals surface area contributed by atoms with Gasteiger partial charge in [0.05, 0.1) is 32.6 Å². The van der Waals surface area contributed by atoms with Gasteiger partial charge in [0, 0.05) is 17.9 Å². The molecule has 35 heavy (non-hydrogen) atoms. The van der Waals surface area contributed by atoms with E-state index < -0.39 is 11.9 Å². The minimum atomic E-state index is -0.611. The Hall–Kier alpha value is -3.57. The number of amides is 3. The number of methoxy groups -OCH3 is 2. The number of nitrogens with zero attached hydrogens (tertiary/aromatic N) is 3. The summed E-state index contributed by atoms with van der Waals surface area (Å²) in [4.78, 5) is 24.6. The van der Waals surface area contributed by atoms with Gasteiger partial charge in [-0.2, -0.15) is 0 Å². The molecule has 3 amide bonds. The monoisotopic (exact) mass is 497 g/mol. The summed E-state index contributed by atoms with van der Waals surface area (Å²) >= 11 is 1.22. The number of urea groups is 1. The molecular weight excluding hydrogens is 470 g/mol. The van der Waals surface area contributed by atoms with Crippen molar-refractivity contribution in [3.63, 3.8) is 0 Å². The summed E-state index contributed by atoms with van der Waals surface area (Å²) in [7, 11) is 3.18. The van der Waals surface area contributed by atoms with Crippen LogP contribution in [0.1, 0.15) is 12.8 Å². The fourth-order valence-corrected chi connectivity index (χ4v) is 4.38. The maximum atomic E-state index is 12.4. The zero-order valence-corrected chi connectivity index (χ0v) is 20.3. The van der Waals surface area contributed by atoms with Crippen molar-refractivity contribution >= 4 is 29.4 Å². The first kappa shape index (κ1) is 24.6. The summed E-state index contributed by atoms with van der Waals surface area (Å²) < 4.78 is 18.1. The van der Waals surface area contributed by atoms with Crippen molar-refractivity contribution in [3.8, 4) is 22.9 Å². The van der Waals surface area contributed by atoms with Gasteiger partial charge in [0.25, 0.3) is 0 Å². The lowest BCUT2D eigenvalue weighted by Gasteiger charge is -2.15. The van der Waals surface area contributed by atoms with Crippen molar-refractivity contribution in [2.24, 2.45) is 0 Å². The Morgan fingerprint density at radius 3 is 2.37 bits per heavy atom. The van der Waals surface area contributed by atoms with Gasteiger partial charge in [-0.15, -0.1) is 10.2 Å². The first-order valence-corrected chi connectivity index (χ1v) is 12.1. The summed E-state index contributed by atoms with van der Waals surface area (Å²) in [5.41, 5.74) is 1.43. The van der Waals surface area contributed by atoms with Crippen LogP contribution in [-0.4, -0.2) is 59.4 Å². The summed E-state index contributed by atoms with van der Waals surface area (Å²) in [5, 5.41) is 14.2. The van der Waals surface area contributed by atoms with Crippen LogP contribution < -0.4 is 20.1 Å². The Labute approximate surface area is 207 Å². The second-order valence-corrected chi connectivity index (χ2v) is 8.74. The van der Waals surface area contributed by atoms with Gasteiger partial charge in [0.1, 0.15) is 11.5 Å². The molecular formula is C24H27N5O5S. The van der Waals surface area contributed by atoms with Gasteiger partial charge in [-0.25, -0.2) is 4.79 Å². The highest BCUT2D eigenvalue weighted by Gasteiger charge is 2.22. The van der Waals surface area contributed by atoms with Crippen molar-refractivity contribution in [3.05, 3.63) is 48.5 Å². The molecule has 1 aliphatic rings. The molecule has 1 fully saturated rings. The van der Waals surface area contributed by atoms with Gasteiger partial charge < -0.3 is 19.5 Å². The number of hydrogen-bond acceptors (Lipinski definition) is 8. The number of hydrogen-bond donors (Lipinski definition) is 2. The zero-order valence-electron chi connectivity index (χ0n) is 19.5. The number of ether oxygens (including phenoxy) is 3. The van der Waals surface area contributed by atoms with Crippen LogP contribution in [0.15, 0.2) is 53.7 Å². The lowest BCUT2D eigenvalue weighted by molar-refractivity contribution is -0.117. The van der Waals surface area contributed by atoms with E-state index in [1.165, 1.54) is 11.8 Å². The lowest BCUT2D eigenvalue weighted by Crippen LogP contribution is -2.35. The molecule has 0 aliphatic carbocycles. The van der Waals surface area contributed by atoms with Gasteiger partial charge in [0.15, 0.2) is 11.0 Å². The van der Waals surface area contributed by atoms with E-state index in [9.17, 15) is 9.59 Å². The molecule has 0 saturated carbocycles. The van der Waals surface area contributed by atoms with E-state index in [-0.39, 0.29) is 11.9 Å². The van der Waals surface area contributed by atoms with E-state index in [4.69, 9.17) is 14.2 Å². The summed E-state index contributed by atoms with van der Waals surface area (Å²) in [6, 6.07) is 13.8. The van der Waals surface area contributed by atoms with Crippen LogP contribution in [0, 0.1) is 0 Å². The maximum Gasteiger partial charge on any atom is 0.325 e. The average Bonchev–Trinajstić information content (AvgIpc) is 3.53. The molecule has 4 rings (SSSR count). The number of carbonyl (C=O) groups excluding carboxylic acids is 2. The molecule has 0 spiro atoms. The molecule has 1 aliphatic heterocycles. The molecule has 10 nitrogen and oxygen atoms in total. The zero-order chi connectivity index (χ0) is 24.6. The smallest absolute Gasteiger partial charge is 0.325 e. The fourth-order valence-electron chi connectivity index (χ4n) is 3.64. The number of aromatic nitrogens is 3. The Kier molecular flexibility index (Phi) is 8.22. The molecule has 3 aromatic rings. The van der Waals surface area contributed by atoms with Crippen LogP contribution in [0.3, 0.4) is 0 Å². The topological polar surface area (TPSA) is 117 Å². The maximum absolute atomic E-state index is 12.4. The van der Waals surface area contributed by atoms with E-state index in [0.29, 0.717) is 29.0 Å². The Bertz CT molecular complexity index is 1140.